The summed E-state index contributed by atoms with van der Waals surface area (Å²) in [5.41, 5.74) is 1.21. The number of methoxy groups -OCH3 is 2. The third-order valence-electron chi connectivity index (χ3n) is 3.10. The zero-order valence-corrected chi connectivity index (χ0v) is 12.8. The predicted octanol–water partition coefficient (Wildman–Crippen LogP) is 3.13. The van der Waals surface area contributed by atoms with Crippen LogP contribution in [-0.2, 0) is 6.42 Å². The molecule has 1 atom stereocenters. The molecular formula is C16H27NO2. The van der Waals surface area contributed by atoms with Gasteiger partial charge in [-0.2, -0.15) is 0 Å². The summed E-state index contributed by atoms with van der Waals surface area (Å²) in [7, 11) is 3.41. The first-order valence-corrected chi connectivity index (χ1v) is 6.98. The zero-order chi connectivity index (χ0) is 14.3. The summed E-state index contributed by atoms with van der Waals surface area (Å²) in [6, 6.07) is 5.98. The van der Waals surface area contributed by atoms with Crippen molar-refractivity contribution in [1.82, 2.24) is 5.32 Å². The molecule has 0 saturated carbocycles. The fourth-order valence-electron chi connectivity index (χ4n) is 2.11. The first-order chi connectivity index (χ1) is 9.06. The number of ether oxygens (including phenoxy) is 2. The minimum Gasteiger partial charge on any atom is -0.497 e. The van der Waals surface area contributed by atoms with Crippen LogP contribution >= 0.6 is 0 Å². The Kier molecular flexibility index (Phi) is 6.71. The highest BCUT2D eigenvalue weighted by molar-refractivity contribution is 5.40. The summed E-state index contributed by atoms with van der Waals surface area (Å²) in [6.45, 7) is 8.80. The van der Waals surface area contributed by atoms with E-state index in [4.69, 9.17) is 9.47 Å². The van der Waals surface area contributed by atoms with E-state index in [0.717, 1.165) is 31.0 Å². The van der Waals surface area contributed by atoms with Crippen molar-refractivity contribution >= 4 is 0 Å². The number of nitrogens with one attached hydrogen (secondary N) is 1. The molecule has 0 bridgehead atoms. The van der Waals surface area contributed by atoms with Crippen molar-refractivity contribution < 1.29 is 9.47 Å². The maximum absolute atomic E-state index is 5.41. The monoisotopic (exact) mass is 265 g/mol. The highest BCUT2D eigenvalue weighted by Crippen LogP contribution is 2.26. The van der Waals surface area contributed by atoms with Gasteiger partial charge in [0.2, 0.25) is 0 Å². The third kappa shape index (κ3) is 5.52. The van der Waals surface area contributed by atoms with Crippen LogP contribution in [0.1, 0.15) is 26.3 Å². The van der Waals surface area contributed by atoms with Gasteiger partial charge in [-0.15, -0.1) is 0 Å². The second-order valence-corrected chi connectivity index (χ2v) is 5.54. The van der Waals surface area contributed by atoms with Crippen LogP contribution in [0.2, 0.25) is 0 Å². The second-order valence-electron chi connectivity index (χ2n) is 5.54. The summed E-state index contributed by atoms with van der Waals surface area (Å²) in [6.07, 6.45) is 0.992. The average Bonchev–Trinajstić information content (AvgIpc) is 2.38. The van der Waals surface area contributed by atoms with Crippen LogP contribution in [0.5, 0.6) is 11.5 Å². The second kappa shape index (κ2) is 8.05. The first kappa shape index (κ1) is 15.8. The summed E-state index contributed by atoms with van der Waals surface area (Å²) in [5, 5.41) is 3.50. The van der Waals surface area contributed by atoms with E-state index in [1.807, 2.05) is 12.1 Å². The van der Waals surface area contributed by atoms with E-state index in [-0.39, 0.29) is 0 Å². The van der Waals surface area contributed by atoms with Gasteiger partial charge in [0.25, 0.3) is 0 Å². The molecule has 0 aliphatic carbocycles. The van der Waals surface area contributed by atoms with Crippen LogP contribution in [0.3, 0.4) is 0 Å². The van der Waals surface area contributed by atoms with E-state index >= 15 is 0 Å². The molecule has 1 N–H and O–H groups in total. The molecule has 19 heavy (non-hydrogen) atoms. The topological polar surface area (TPSA) is 30.5 Å². The van der Waals surface area contributed by atoms with Crippen molar-refractivity contribution in [1.29, 1.82) is 0 Å². The minimum atomic E-state index is 0.569. The van der Waals surface area contributed by atoms with Crippen molar-refractivity contribution in [3.8, 4) is 11.5 Å². The molecule has 108 valence electrons. The maximum Gasteiger partial charge on any atom is 0.122 e. The molecule has 0 amide bonds. The molecule has 0 fully saturated rings. The van der Waals surface area contributed by atoms with E-state index in [2.05, 4.69) is 32.2 Å². The van der Waals surface area contributed by atoms with Crippen molar-refractivity contribution in [2.24, 2.45) is 11.8 Å². The quantitative estimate of drug-likeness (QED) is 0.783. The largest absolute Gasteiger partial charge is 0.497 e. The fourth-order valence-corrected chi connectivity index (χ4v) is 2.11. The smallest absolute Gasteiger partial charge is 0.122 e. The van der Waals surface area contributed by atoms with E-state index < -0.39 is 0 Å². The minimum absolute atomic E-state index is 0.569. The Bertz CT molecular complexity index is 377. The SMILES string of the molecule is COc1ccc(OC)c(CC(C)CNCC(C)C)c1. The molecule has 1 unspecified atom stereocenters. The normalized spacial score (nSPS) is 12.5. The van der Waals surface area contributed by atoms with E-state index in [0.29, 0.717) is 11.8 Å². The lowest BCUT2D eigenvalue weighted by Crippen LogP contribution is -2.26. The van der Waals surface area contributed by atoms with Crippen molar-refractivity contribution in [3.63, 3.8) is 0 Å². The third-order valence-corrected chi connectivity index (χ3v) is 3.10. The molecule has 1 rings (SSSR count). The lowest BCUT2D eigenvalue weighted by atomic mass is 9.99. The molecular weight excluding hydrogens is 238 g/mol. The Morgan fingerprint density at radius 2 is 1.79 bits per heavy atom. The standard InChI is InChI=1S/C16H27NO2/c1-12(2)10-17-11-13(3)8-14-9-15(18-4)6-7-16(14)19-5/h6-7,9,12-13,17H,8,10-11H2,1-5H3. The van der Waals surface area contributed by atoms with Gasteiger partial charge in [0.1, 0.15) is 11.5 Å². The van der Waals surface area contributed by atoms with Crippen molar-refractivity contribution in [2.45, 2.75) is 27.2 Å². The van der Waals surface area contributed by atoms with Crippen molar-refractivity contribution in [3.05, 3.63) is 23.8 Å². The number of hydrogen-bond donors (Lipinski definition) is 1. The van der Waals surface area contributed by atoms with Crippen molar-refractivity contribution in [2.75, 3.05) is 27.3 Å². The summed E-state index contributed by atoms with van der Waals surface area (Å²) >= 11 is 0. The molecule has 1 aromatic rings. The van der Waals surface area contributed by atoms with Gasteiger partial charge in [-0.3, -0.25) is 0 Å². The Morgan fingerprint density at radius 1 is 1.05 bits per heavy atom. The molecule has 0 spiro atoms. The molecule has 0 aromatic heterocycles. The predicted molar refractivity (Wildman–Crippen MR) is 80.1 cm³/mol. The lowest BCUT2D eigenvalue weighted by molar-refractivity contribution is 0.393. The molecule has 1 aromatic carbocycles. The summed E-state index contributed by atoms with van der Waals surface area (Å²) < 4.78 is 10.7. The van der Waals surface area contributed by atoms with E-state index in [1.54, 1.807) is 14.2 Å². The van der Waals surface area contributed by atoms with Crippen LogP contribution in [0.15, 0.2) is 18.2 Å². The molecule has 0 aliphatic heterocycles. The lowest BCUT2D eigenvalue weighted by Gasteiger charge is -2.16. The van der Waals surface area contributed by atoms with Crippen LogP contribution in [0.4, 0.5) is 0 Å². The molecule has 0 aliphatic rings. The van der Waals surface area contributed by atoms with Gasteiger partial charge in [0.15, 0.2) is 0 Å². The van der Waals surface area contributed by atoms with Crippen LogP contribution in [0.25, 0.3) is 0 Å². The Morgan fingerprint density at radius 3 is 2.37 bits per heavy atom. The highest BCUT2D eigenvalue weighted by atomic mass is 16.5. The van der Waals surface area contributed by atoms with E-state index in [9.17, 15) is 0 Å². The highest BCUT2D eigenvalue weighted by Gasteiger charge is 2.10. The molecule has 0 heterocycles. The Labute approximate surface area is 117 Å². The van der Waals surface area contributed by atoms with Crippen LogP contribution < -0.4 is 14.8 Å². The number of benzene rings is 1. The summed E-state index contributed by atoms with van der Waals surface area (Å²) in [5.74, 6) is 3.09. The Balaban J connectivity index is 2.58. The van der Waals surface area contributed by atoms with Gasteiger partial charge < -0.3 is 14.8 Å². The molecule has 3 nitrogen and oxygen atoms in total. The van der Waals surface area contributed by atoms with Gasteiger partial charge in [0.05, 0.1) is 14.2 Å². The van der Waals surface area contributed by atoms with E-state index in [1.165, 1.54) is 5.56 Å². The maximum atomic E-state index is 5.41. The Hall–Kier alpha value is -1.22. The first-order valence-electron chi connectivity index (χ1n) is 6.98. The van der Waals surface area contributed by atoms with Gasteiger partial charge in [-0.25, -0.2) is 0 Å². The van der Waals surface area contributed by atoms with Gasteiger partial charge in [-0.05, 0) is 55.1 Å². The van der Waals surface area contributed by atoms with Gasteiger partial charge >= 0.3 is 0 Å². The molecule has 0 saturated heterocycles. The van der Waals surface area contributed by atoms with Gasteiger partial charge in [0, 0.05) is 0 Å². The molecule has 3 heteroatoms. The zero-order valence-electron chi connectivity index (χ0n) is 12.8. The average molecular weight is 265 g/mol. The summed E-state index contributed by atoms with van der Waals surface area (Å²) in [4.78, 5) is 0. The van der Waals surface area contributed by atoms with Gasteiger partial charge in [-0.1, -0.05) is 20.8 Å². The number of hydrogen-bond acceptors (Lipinski definition) is 3. The number of rotatable bonds is 8. The van der Waals surface area contributed by atoms with Crippen LogP contribution in [0, 0.1) is 11.8 Å². The van der Waals surface area contributed by atoms with Crippen LogP contribution in [-0.4, -0.2) is 27.3 Å². The molecule has 0 radical (unpaired) electrons. The fraction of sp³-hybridized carbons (Fsp3) is 0.625.